The van der Waals surface area contributed by atoms with Gasteiger partial charge in [0.1, 0.15) is 11.2 Å². The number of aromatic nitrogens is 8. The third-order valence-corrected chi connectivity index (χ3v) is 5.61. The van der Waals surface area contributed by atoms with Gasteiger partial charge in [-0.3, -0.25) is 20.1 Å². The normalized spacial score (nSPS) is 11.6. The van der Waals surface area contributed by atoms with Crippen LogP contribution in [0.5, 0.6) is 0 Å². The number of pyridine rings is 4. The van der Waals surface area contributed by atoms with E-state index in [0.717, 1.165) is 56.6 Å². The second kappa shape index (κ2) is 8.13. The number of hydrogen-bond donors (Lipinski definition) is 2. The molecule has 0 amide bonds. The lowest BCUT2D eigenvalue weighted by molar-refractivity contribution is 0.402. The quantitative estimate of drug-likeness (QED) is 0.409. The van der Waals surface area contributed by atoms with Gasteiger partial charge in [-0.25, -0.2) is 9.97 Å². The van der Waals surface area contributed by atoms with Crippen molar-refractivity contribution in [3.8, 4) is 33.9 Å². The Hall–Kier alpha value is -4.50. The first-order valence-electron chi connectivity index (χ1n) is 10.8. The van der Waals surface area contributed by atoms with Crippen molar-refractivity contribution in [3.05, 3.63) is 73.1 Å². The van der Waals surface area contributed by atoms with Gasteiger partial charge in [0.05, 0.1) is 16.6 Å². The summed E-state index contributed by atoms with van der Waals surface area (Å²) in [5, 5.41) is 8.38. The van der Waals surface area contributed by atoms with Crippen LogP contribution in [-0.2, 0) is 6.54 Å². The van der Waals surface area contributed by atoms with Crippen LogP contribution in [0.25, 0.3) is 56.0 Å². The van der Waals surface area contributed by atoms with E-state index in [1.165, 1.54) is 0 Å². The molecule has 0 spiro atoms. The Morgan fingerprint density at radius 2 is 1.76 bits per heavy atom. The first kappa shape index (κ1) is 20.1. The van der Waals surface area contributed by atoms with E-state index in [1.54, 1.807) is 18.6 Å². The molecule has 0 saturated heterocycles. The zero-order valence-corrected chi connectivity index (χ0v) is 18.7. The van der Waals surface area contributed by atoms with Crippen molar-refractivity contribution in [2.24, 2.45) is 0 Å². The number of nitrogens with one attached hydrogen (secondary N) is 2. The molecule has 0 fully saturated rings. The maximum absolute atomic E-state index is 4.87. The third-order valence-electron chi connectivity index (χ3n) is 5.61. The van der Waals surface area contributed by atoms with Crippen molar-refractivity contribution in [1.82, 2.24) is 45.0 Å². The number of rotatable bonds is 5. The molecule has 0 unspecified atom stereocenters. The summed E-state index contributed by atoms with van der Waals surface area (Å²) >= 11 is 0. The maximum atomic E-state index is 4.87. The predicted molar refractivity (Wildman–Crippen MR) is 131 cm³/mol. The number of imidazole rings is 1. The van der Waals surface area contributed by atoms with Crippen molar-refractivity contribution in [1.29, 1.82) is 0 Å². The van der Waals surface area contributed by atoms with Gasteiger partial charge < -0.3 is 9.88 Å². The second-order valence-electron chi connectivity index (χ2n) is 8.40. The maximum Gasteiger partial charge on any atom is 0.181 e. The molecular formula is C25H21N9. The molecule has 0 aliphatic carbocycles. The predicted octanol–water partition coefficient (Wildman–Crippen LogP) is 4.08. The minimum atomic E-state index is 0.627. The largest absolute Gasteiger partial charge is 0.337 e. The molecule has 0 saturated carbocycles. The molecule has 6 aromatic rings. The lowest BCUT2D eigenvalue weighted by atomic mass is 10.1. The molecule has 6 heterocycles. The molecule has 0 aliphatic rings. The Bertz CT molecular complexity index is 1620. The lowest BCUT2D eigenvalue weighted by Crippen LogP contribution is -2.10. The summed E-state index contributed by atoms with van der Waals surface area (Å²) in [5.74, 6) is 0.675. The molecule has 6 aromatic heterocycles. The monoisotopic (exact) mass is 447 g/mol. The highest BCUT2D eigenvalue weighted by Crippen LogP contribution is 2.31. The van der Waals surface area contributed by atoms with E-state index in [0.29, 0.717) is 11.5 Å². The van der Waals surface area contributed by atoms with Crippen molar-refractivity contribution in [2.45, 2.75) is 6.54 Å². The van der Waals surface area contributed by atoms with E-state index in [2.05, 4.69) is 52.1 Å². The SMILES string of the molecule is CN(C)Cc1cncc(-c2cnc3n[nH]c(-c4nc5c(-c6cccnc6)nccc5[nH]4)c3c2)c1. The molecule has 9 nitrogen and oxygen atoms in total. The number of H-pyrrole nitrogens is 2. The van der Waals surface area contributed by atoms with Crippen LogP contribution in [-0.4, -0.2) is 59.1 Å². The van der Waals surface area contributed by atoms with Crippen LogP contribution in [0.1, 0.15) is 5.56 Å². The average Bonchev–Trinajstić information content (AvgIpc) is 3.48. The van der Waals surface area contributed by atoms with Gasteiger partial charge in [-0.15, -0.1) is 0 Å². The van der Waals surface area contributed by atoms with E-state index in [1.807, 2.05) is 50.9 Å². The van der Waals surface area contributed by atoms with E-state index >= 15 is 0 Å². The number of aromatic amines is 2. The van der Waals surface area contributed by atoms with E-state index in [4.69, 9.17) is 4.98 Å². The molecular weight excluding hydrogens is 426 g/mol. The highest BCUT2D eigenvalue weighted by Gasteiger charge is 2.16. The standard InChI is InChI=1S/C25H21N9/c1-34(2)14-15-8-17(12-27-10-15)18-9-19-22(32-33-24(19)29-13-18)25-30-20-5-7-28-21(23(20)31-25)16-4-3-6-26-11-16/h3-13H,14H2,1-2H3,(H,30,31)(H,29,32,33). The molecule has 0 atom stereocenters. The van der Waals surface area contributed by atoms with Gasteiger partial charge >= 0.3 is 0 Å². The average molecular weight is 448 g/mol. The minimum absolute atomic E-state index is 0.627. The van der Waals surface area contributed by atoms with Crippen LogP contribution in [0, 0.1) is 0 Å². The highest BCUT2D eigenvalue weighted by molar-refractivity contribution is 5.96. The molecule has 0 bridgehead atoms. The molecule has 34 heavy (non-hydrogen) atoms. The van der Waals surface area contributed by atoms with Gasteiger partial charge in [0.15, 0.2) is 11.5 Å². The molecule has 6 rings (SSSR count). The van der Waals surface area contributed by atoms with Crippen molar-refractivity contribution >= 4 is 22.1 Å². The Morgan fingerprint density at radius 1 is 0.882 bits per heavy atom. The Balaban J connectivity index is 1.45. The first-order valence-corrected chi connectivity index (χ1v) is 10.8. The topological polar surface area (TPSA) is 112 Å². The Labute approximate surface area is 195 Å². The van der Waals surface area contributed by atoms with Gasteiger partial charge in [-0.2, -0.15) is 5.10 Å². The number of nitrogens with zero attached hydrogens (tertiary/aromatic N) is 7. The van der Waals surface area contributed by atoms with Gasteiger partial charge in [-0.1, -0.05) is 0 Å². The van der Waals surface area contributed by atoms with E-state index in [9.17, 15) is 0 Å². The van der Waals surface area contributed by atoms with Crippen LogP contribution < -0.4 is 0 Å². The van der Waals surface area contributed by atoms with Gasteiger partial charge in [-0.05, 0) is 50.0 Å². The summed E-state index contributed by atoms with van der Waals surface area (Å²) in [6, 6.07) is 9.99. The van der Waals surface area contributed by atoms with Crippen molar-refractivity contribution in [2.75, 3.05) is 14.1 Å². The van der Waals surface area contributed by atoms with Gasteiger partial charge in [0.25, 0.3) is 0 Å². The fraction of sp³-hybridized carbons (Fsp3) is 0.120. The molecule has 2 N–H and O–H groups in total. The van der Waals surface area contributed by atoms with Crippen LogP contribution in [0.4, 0.5) is 0 Å². The highest BCUT2D eigenvalue weighted by atomic mass is 15.2. The van der Waals surface area contributed by atoms with Crippen LogP contribution in [0.15, 0.2) is 67.5 Å². The minimum Gasteiger partial charge on any atom is -0.337 e. The molecule has 0 aliphatic heterocycles. The van der Waals surface area contributed by atoms with E-state index in [-0.39, 0.29) is 0 Å². The van der Waals surface area contributed by atoms with Gasteiger partial charge in [0.2, 0.25) is 0 Å². The Kier molecular flexibility index (Phi) is 4.81. The van der Waals surface area contributed by atoms with Crippen molar-refractivity contribution < 1.29 is 0 Å². The summed E-state index contributed by atoms with van der Waals surface area (Å²) in [6.07, 6.45) is 10.9. The van der Waals surface area contributed by atoms with Crippen molar-refractivity contribution in [3.63, 3.8) is 0 Å². The van der Waals surface area contributed by atoms with Gasteiger partial charge in [0, 0.05) is 60.4 Å². The number of fused-ring (bicyclic) bond motifs is 2. The van der Waals surface area contributed by atoms with Crippen LogP contribution >= 0.6 is 0 Å². The fourth-order valence-electron chi connectivity index (χ4n) is 4.10. The summed E-state index contributed by atoms with van der Waals surface area (Å²) < 4.78 is 0. The number of hydrogen-bond acceptors (Lipinski definition) is 7. The summed E-state index contributed by atoms with van der Waals surface area (Å²) in [7, 11) is 4.08. The summed E-state index contributed by atoms with van der Waals surface area (Å²) in [5.41, 5.74) is 7.87. The molecule has 166 valence electrons. The second-order valence-corrected chi connectivity index (χ2v) is 8.40. The zero-order chi connectivity index (χ0) is 23.1. The fourth-order valence-corrected chi connectivity index (χ4v) is 4.10. The van der Waals surface area contributed by atoms with Crippen LogP contribution in [0.3, 0.4) is 0 Å². The zero-order valence-electron chi connectivity index (χ0n) is 18.7. The first-order chi connectivity index (χ1) is 16.7. The van der Waals surface area contributed by atoms with Crippen LogP contribution in [0.2, 0.25) is 0 Å². The molecule has 0 aromatic carbocycles. The van der Waals surface area contributed by atoms with E-state index < -0.39 is 0 Å². The summed E-state index contributed by atoms with van der Waals surface area (Å²) in [4.78, 5) is 28.1. The lowest BCUT2D eigenvalue weighted by Gasteiger charge is -2.10. The smallest absolute Gasteiger partial charge is 0.181 e. The molecule has 0 radical (unpaired) electrons. The molecule has 9 heteroatoms. The summed E-state index contributed by atoms with van der Waals surface area (Å²) in [6.45, 7) is 0.819. The Morgan fingerprint density at radius 3 is 2.62 bits per heavy atom. The third kappa shape index (κ3) is 3.57.